The van der Waals surface area contributed by atoms with Gasteiger partial charge in [0.1, 0.15) is 5.75 Å². The van der Waals surface area contributed by atoms with Crippen LogP contribution in [0.4, 0.5) is 0 Å². The Hall–Kier alpha value is -1.81. The number of ether oxygens (including phenoxy) is 1. The van der Waals surface area contributed by atoms with Gasteiger partial charge in [-0.1, -0.05) is 19.1 Å². The maximum atomic E-state index is 11.8. The summed E-state index contributed by atoms with van der Waals surface area (Å²) in [5.74, 6) is 0.730. The summed E-state index contributed by atoms with van der Waals surface area (Å²) in [7, 11) is 1.62. The van der Waals surface area contributed by atoms with E-state index in [4.69, 9.17) is 4.74 Å². The quantitative estimate of drug-likeness (QED) is 0.839. The smallest absolute Gasteiger partial charge is 0.246 e. The normalized spacial score (nSPS) is 17.3. The Bertz CT molecular complexity index is 473. The monoisotopic (exact) mass is 261 g/mol. The molecule has 0 spiro atoms. The topological polar surface area (TPSA) is 49.8 Å². The summed E-state index contributed by atoms with van der Waals surface area (Å²) in [4.78, 5) is 13.5. The first-order valence-corrected chi connectivity index (χ1v) is 6.40. The third-order valence-electron chi connectivity index (χ3n) is 3.47. The maximum Gasteiger partial charge on any atom is 0.246 e. The first-order chi connectivity index (χ1) is 9.06. The Morgan fingerprint density at radius 1 is 1.42 bits per heavy atom. The second kappa shape index (κ2) is 5.45. The number of benzene rings is 1. The fourth-order valence-electron chi connectivity index (χ4n) is 2.03. The van der Waals surface area contributed by atoms with Gasteiger partial charge in [-0.3, -0.25) is 4.79 Å². The van der Waals surface area contributed by atoms with Crippen LogP contribution in [0, 0.1) is 0 Å². The highest BCUT2D eigenvalue weighted by atomic mass is 16.5. The fraction of sp³-hybridized carbons (Fsp3) is 0.400. The van der Waals surface area contributed by atoms with Gasteiger partial charge in [-0.2, -0.15) is 0 Å². The van der Waals surface area contributed by atoms with Gasteiger partial charge in [-0.05, 0) is 30.2 Å². The summed E-state index contributed by atoms with van der Waals surface area (Å²) in [6.45, 7) is 2.78. The Balaban J connectivity index is 1.90. The van der Waals surface area contributed by atoms with E-state index < -0.39 is 5.60 Å². The molecule has 2 rings (SSSR count). The molecule has 1 aliphatic rings. The average Bonchev–Trinajstić information content (AvgIpc) is 2.41. The van der Waals surface area contributed by atoms with Crippen LogP contribution >= 0.6 is 0 Å². The van der Waals surface area contributed by atoms with Crippen LogP contribution in [0.5, 0.6) is 5.75 Å². The molecule has 1 fully saturated rings. The summed E-state index contributed by atoms with van der Waals surface area (Å²) < 4.78 is 5.07. The predicted octanol–water partition coefficient (Wildman–Crippen LogP) is 1.69. The van der Waals surface area contributed by atoms with E-state index in [1.807, 2.05) is 31.2 Å². The third-order valence-corrected chi connectivity index (χ3v) is 3.47. The van der Waals surface area contributed by atoms with Gasteiger partial charge in [0.05, 0.1) is 25.8 Å². The van der Waals surface area contributed by atoms with Crippen LogP contribution in [0.15, 0.2) is 30.3 Å². The Morgan fingerprint density at radius 2 is 2.05 bits per heavy atom. The summed E-state index contributed by atoms with van der Waals surface area (Å²) in [5.41, 5.74) is 0.268. The van der Waals surface area contributed by atoms with Gasteiger partial charge in [0, 0.05) is 6.08 Å². The van der Waals surface area contributed by atoms with E-state index in [2.05, 4.69) is 0 Å². The van der Waals surface area contributed by atoms with Crippen LogP contribution < -0.4 is 4.74 Å². The molecule has 19 heavy (non-hydrogen) atoms. The van der Waals surface area contributed by atoms with Gasteiger partial charge in [-0.25, -0.2) is 0 Å². The molecule has 4 heteroatoms. The van der Waals surface area contributed by atoms with Crippen LogP contribution in [0.3, 0.4) is 0 Å². The number of methoxy groups -OCH3 is 1. The van der Waals surface area contributed by atoms with Crippen LogP contribution in [-0.2, 0) is 4.79 Å². The summed E-state index contributed by atoms with van der Waals surface area (Å²) in [6, 6.07) is 7.48. The van der Waals surface area contributed by atoms with Crippen molar-refractivity contribution in [2.75, 3.05) is 20.2 Å². The van der Waals surface area contributed by atoms with Crippen molar-refractivity contribution in [3.63, 3.8) is 0 Å². The molecular formula is C15H19NO3. The number of carbonyl (C=O) groups excluding carboxylic acids is 1. The summed E-state index contributed by atoms with van der Waals surface area (Å²) in [5, 5.41) is 9.85. The Labute approximate surface area is 113 Å². The number of nitrogens with zero attached hydrogens (tertiary/aromatic N) is 1. The van der Waals surface area contributed by atoms with E-state index in [-0.39, 0.29) is 5.91 Å². The zero-order valence-electron chi connectivity index (χ0n) is 11.3. The first kappa shape index (κ1) is 13.6. The highest BCUT2D eigenvalue weighted by Gasteiger charge is 2.41. The molecule has 1 aliphatic heterocycles. The number of carbonyl (C=O) groups is 1. The van der Waals surface area contributed by atoms with Crippen LogP contribution in [-0.4, -0.2) is 41.7 Å². The van der Waals surface area contributed by atoms with Crippen molar-refractivity contribution in [3.05, 3.63) is 35.9 Å². The molecule has 1 saturated heterocycles. The number of β-amino-alcohol motifs (C(OH)–C–C–N with tert-alkyl or cyclic N) is 1. The minimum atomic E-state index is -0.677. The zero-order valence-corrected chi connectivity index (χ0v) is 11.3. The van der Waals surface area contributed by atoms with E-state index in [9.17, 15) is 9.90 Å². The van der Waals surface area contributed by atoms with E-state index >= 15 is 0 Å². The molecule has 1 amide bonds. The molecule has 0 atom stereocenters. The van der Waals surface area contributed by atoms with Gasteiger partial charge in [0.2, 0.25) is 5.91 Å². The Kier molecular flexibility index (Phi) is 3.90. The van der Waals surface area contributed by atoms with Crippen LogP contribution in [0.1, 0.15) is 18.9 Å². The van der Waals surface area contributed by atoms with Crippen molar-refractivity contribution >= 4 is 12.0 Å². The van der Waals surface area contributed by atoms with Gasteiger partial charge in [0.15, 0.2) is 0 Å². The molecule has 102 valence electrons. The molecule has 0 aromatic heterocycles. The number of amides is 1. The molecule has 0 unspecified atom stereocenters. The largest absolute Gasteiger partial charge is 0.497 e. The minimum absolute atomic E-state index is 0.0612. The standard InChI is InChI=1S/C15H19NO3/c1-3-15(18)10-16(11-15)14(17)9-6-12-4-7-13(19-2)8-5-12/h4-9,18H,3,10-11H2,1-2H3. The molecule has 4 nitrogen and oxygen atoms in total. The molecule has 1 N–H and O–H groups in total. The number of aliphatic hydroxyl groups is 1. The predicted molar refractivity (Wildman–Crippen MR) is 73.8 cm³/mol. The van der Waals surface area contributed by atoms with E-state index in [1.54, 1.807) is 18.1 Å². The summed E-state index contributed by atoms with van der Waals surface area (Å²) in [6.07, 6.45) is 3.99. The van der Waals surface area contributed by atoms with E-state index in [1.165, 1.54) is 6.08 Å². The molecular weight excluding hydrogens is 242 g/mol. The molecule has 1 aromatic carbocycles. The SMILES string of the molecule is CCC1(O)CN(C(=O)C=Cc2ccc(OC)cc2)C1. The lowest BCUT2D eigenvalue weighted by Crippen LogP contribution is -2.62. The molecule has 0 aliphatic carbocycles. The molecule has 1 aromatic rings. The lowest BCUT2D eigenvalue weighted by molar-refractivity contribution is -0.150. The number of likely N-dealkylation sites (tertiary alicyclic amines) is 1. The lowest BCUT2D eigenvalue weighted by Gasteiger charge is -2.45. The minimum Gasteiger partial charge on any atom is -0.497 e. The second-order valence-corrected chi connectivity index (χ2v) is 4.88. The van der Waals surface area contributed by atoms with Gasteiger partial charge in [0.25, 0.3) is 0 Å². The van der Waals surface area contributed by atoms with E-state index in [0.717, 1.165) is 11.3 Å². The molecule has 0 saturated carbocycles. The van der Waals surface area contributed by atoms with Crippen molar-refractivity contribution in [3.8, 4) is 5.75 Å². The second-order valence-electron chi connectivity index (χ2n) is 4.88. The van der Waals surface area contributed by atoms with Crippen molar-refractivity contribution in [1.82, 2.24) is 4.90 Å². The maximum absolute atomic E-state index is 11.8. The lowest BCUT2D eigenvalue weighted by atomic mass is 9.91. The molecule has 1 heterocycles. The van der Waals surface area contributed by atoms with Crippen molar-refractivity contribution in [2.45, 2.75) is 18.9 Å². The highest BCUT2D eigenvalue weighted by molar-refractivity contribution is 5.92. The van der Waals surface area contributed by atoms with Crippen LogP contribution in [0.25, 0.3) is 6.08 Å². The molecule has 0 radical (unpaired) electrons. The number of hydrogen-bond donors (Lipinski definition) is 1. The van der Waals surface area contributed by atoms with Crippen molar-refractivity contribution in [2.24, 2.45) is 0 Å². The first-order valence-electron chi connectivity index (χ1n) is 6.40. The van der Waals surface area contributed by atoms with Gasteiger partial charge >= 0.3 is 0 Å². The van der Waals surface area contributed by atoms with Gasteiger partial charge < -0.3 is 14.7 Å². The average molecular weight is 261 g/mol. The zero-order chi connectivity index (χ0) is 13.9. The highest BCUT2D eigenvalue weighted by Crippen LogP contribution is 2.24. The number of rotatable bonds is 4. The van der Waals surface area contributed by atoms with E-state index in [0.29, 0.717) is 19.5 Å². The van der Waals surface area contributed by atoms with Crippen molar-refractivity contribution in [1.29, 1.82) is 0 Å². The van der Waals surface area contributed by atoms with Gasteiger partial charge in [-0.15, -0.1) is 0 Å². The van der Waals surface area contributed by atoms with Crippen LogP contribution in [0.2, 0.25) is 0 Å². The number of hydrogen-bond acceptors (Lipinski definition) is 3. The third kappa shape index (κ3) is 3.15. The molecule has 0 bridgehead atoms. The Morgan fingerprint density at radius 3 is 2.58 bits per heavy atom. The fourth-order valence-corrected chi connectivity index (χ4v) is 2.03. The summed E-state index contributed by atoms with van der Waals surface area (Å²) >= 11 is 0. The van der Waals surface area contributed by atoms with Crippen molar-refractivity contribution < 1.29 is 14.6 Å².